The van der Waals surface area contributed by atoms with Crippen LogP contribution in [0.1, 0.15) is 12.6 Å². The number of hydrogen-bond donors (Lipinski definition) is 0. The Bertz CT molecular complexity index is 428. The molecule has 2 heteroatoms. The summed E-state index contributed by atoms with van der Waals surface area (Å²) in [5.41, 5.74) is 2.27. The molecule has 0 aromatic carbocycles. The lowest BCUT2D eigenvalue weighted by molar-refractivity contribution is -0.697. The molecule has 15 heavy (non-hydrogen) atoms. The molecule has 2 heterocycles. The van der Waals surface area contributed by atoms with Crippen LogP contribution in [0.4, 0.5) is 0 Å². The van der Waals surface area contributed by atoms with E-state index in [0.29, 0.717) is 0 Å². The van der Waals surface area contributed by atoms with Crippen LogP contribution in [0.2, 0.25) is 0 Å². The van der Waals surface area contributed by atoms with E-state index < -0.39 is 0 Å². The van der Waals surface area contributed by atoms with Gasteiger partial charge in [0.1, 0.15) is 5.71 Å². The first-order chi connectivity index (χ1) is 7.42. The minimum absolute atomic E-state index is 0.872. The van der Waals surface area contributed by atoms with E-state index in [1.165, 1.54) is 5.69 Å². The third-order valence-corrected chi connectivity index (χ3v) is 2.38. The Morgan fingerprint density at radius 3 is 3.13 bits per heavy atom. The molecule has 2 nitrogen and oxygen atoms in total. The monoisotopic (exact) mass is 199 g/mol. The van der Waals surface area contributed by atoms with E-state index in [9.17, 15) is 0 Å². The van der Waals surface area contributed by atoms with Crippen LogP contribution in [0, 0.1) is 0 Å². The zero-order valence-electron chi connectivity index (χ0n) is 8.93. The molecule has 0 unspecified atom stereocenters. The van der Waals surface area contributed by atoms with Crippen molar-refractivity contribution in [2.45, 2.75) is 13.5 Å². The molecule has 0 amide bonds. The molecule has 1 aromatic rings. The lowest BCUT2D eigenvalue weighted by atomic mass is 10.2. The van der Waals surface area contributed by atoms with Gasteiger partial charge in [-0.05, 0) is 19.1 Å². The maximum Gasteiger partial charge on any atom is 0.230 e. The van der Waals surface area contributed by atoms with Crippen molar-refractivity contribution in [1.82, 2.24) is 0 Å². The Labute approximate surface area is 90.3 Å². The molecular formula is C13H15N2+. The highest BCUT2D eigenvalue weighted by Crippen LogP contribution is 2.02. The molecule has 0 radical (unpaired) electrons. The Balaban J connectivity index is 2.30. The van der Waals surface area contributed by atoms with Crippen molar-refractivity contribution >= 4 is 5.71 Å². The third kappa shape index (κ3) is 2.21. The van der Waals surface area contributed by atoms with E-state index in [0.717, 1.165) is 18.8 Å². The van der Waals surface area contributed by atoms with E-state index in [-0.39, 0.29) is 0 Å². The maximum absolute atomic E-state index is 4.52. The van der Waals surface area contributed by atoms with Crippen molar-refractivity contribution in [3.8, 4) is 0 Å². The predicted molar refractivity (Wildman–Crippen MR) is 62.0 cm³/mol. The number of rotatable bonds is 2. The highest BCUT2D eigenvalue weighted by Gasteiger charge is 2.17. The lowest BCUT2D eigenvalue weighted by Gasteiger charge is -2.07. The molecule has 0 fully saturated rings. The van der Waals surface area contributed by atoms with Crippen LogP contribution >= 0.6 is 0 Å². The predicted octanol–water partition coefficient (Wildman–Crippen LogP) is 1.91. The fraction of sp³-hybridized carbons (Fsp3) is 0.231. The van der Waals surface area contributed by atoms with Gasteiger partial charge in [0.15, 0.2) is 12.7 Å². The molecule has 0 saturated carbocycles. The Hall–Kier alpha value is -1.70. The highest BCUT2D eigenvalue weighted by atomic mass is 15.0. The van der Waals surface area contributed by atoms with Gasteiger partial charge in [0.25, 0.3) is 0 Å². The zero-order valence-corrected chi connectivity index (χ0v) is 8.93. The average Bonchev–Trinajstić information content (AvgIpc) is 2.30. The third-order valence-electron chi connectivity index (χ3n) is 2.38. The molecule has 0 N–H and O–H groups in total. The lowest BCUT2D eigenvalue weighted by Crippen LogP contribution is -2.43. The average molecular weight is 199 g/mol. The first-order valence-electron chi connectivity index (χ1n) is 5.24. The van der Waals surface area contributed by atoms with Gasteiger partial charge < -0.3 is 0 Å². The van der Waals surface area contributed by atoms with Gasteiger partial charge in [-0.15, -0.1) is 0 Å². The maximum atomic E-state index is 4.52. The summed E-state index contributed by atoms with van der Waals surface area (Å²) in [6, 6.07) is 6.22. The number of aromatic nitrogens is 1. The number of fused-ring (bicyclic) bond motifs is 1. The van der Waals surface area contributed by atoms with Gasteiger partial charge >= 0.3 is 0 Å². The molecule has 0 saturated heterocycles. The van der Waals surface area contributed by atoms with Crippen molar-refractivity contribution in [3.63, 3.8) is 0 Å². The van der Waals surface area contributed by atoms with E-state index in [2.05, 4.69) is 40.0 Å². The Kier molecular flexibility index (Phi) is 3.08. The first-order valence-corrected chi connectivity index (χ1v) is 5.24. The van der Waals surface area contributed by atoms with Gasteiger partial charge in [0.2, 0.25) is 5.69 Å². The van der Waals surface area contributed by atoms with Crippen molar-refractivity contribution < 1.29 is 4.57 Å². The molecule has 0 atom stereocenters. The standard InChI is InChI=1S/C13H15N2/c1-2-3-4-7-12-13-8-5-6-10-15(13)11-9-14-12/h2-8,10H,9,11H2,1H3/q+1/b3-2-,7-4-. The molecule has 76 valence electrons. The number of allylic oxidation sites excluding steroid dienone is 4. The smallest absolute Gasteiger partial charge is 0.230 e. The number of aliphatic imine (C=N–C) groups is 1. The summed E-state index contributed by atoms with van der Waals surface area (Å²) in [6.45, 7) is 3.87. The largest absolute Gasteiger partial charge is 0.272 e. The van der Waals surface area contributed by atoms with Gasteiger partial charge in [0, 0.05) is 12.1 Å². The summed E-state index contributed by atoms with van der Waals surface area (Å²) in [5.74, 6) is 0. The quantitative estimate of drug-likeness (QED) is 0.511. The second kappa shape index (κ2) is 4.69. The van der Waals surface area contributed by atoms with E-state index >= 15 is 0 Å². The van der Waals surface area contributed by atoms with E-state index in [1.54, 1.807) is 0 Å². The minimum Gasteiger partial charge on any atom is -0.272 e. The van der Waals surface area contributed by atoms with Gasteiger partial charge in [-0.3, -0.25) is 4.99 Å². The topological polar surface area (TPSA) is 16.2 Å². The highest BCUT2D eigenvalue weighted by molar-refractivity contribution is 6.06. The van der Waals surface area contributed by atoms with Gasteiger partial charge in [-0.1, -0.05) is 18.2 Å². The summed E-state index contributed by atoms with van der Waals surface area (Å²) >= 11 is 0. The van der Waals surface area contributed by atoms with E-state index in [4.69, 9.17) is 0 Å². The molecule has 0 spiro atoms. The van der Waals surface area contributed by atoms with Crippen molar-refractivity contribution in [3.05, 3.63) is 54.4 Å². The molecule has 1 aliphatic heterocycles. The van der Waals surface area contributed by atoms with Crippen molar-refractivity contribution in [1.29, 1.82) is 0 Å². The van der Waals surface area contributed by atoms with Crippen molar-refractivity contribution in [2.24, 2.45) is 4.99 Å². The van der Waals surface area contributed by atoms with Crippen LogP contribution in [-0.2, 0) is 6.54 Å². The van der Waals surface area contributed by atoms with Crippen LogP contribution in [0.15, 0.2) is 53.7 Å². The molecule has 0 aliphatic carbocycles. The number of pyridine rings is 1. The van der Waals surface area contributed by atoms with E-state index in [1.807, 2.05) is 25.2 Å². The van der Waals surface area contributed by atoms with Crippen LogP contribution in [0.3, 0.4) is 0 Å². The van der Waals surface area contributed by atoms with Crippen LogP contribution in [0.5, 0.6) is 0 Å². The first kappa shape index (κ1) is 9.84. The fourth-order valence-corrected chi connectivity index (χ4v) is 1.66. The molecule has 2 rings (SSSR count). The van der Waals surface area contributed by atoms with Crippen LogP contribution in [-0.4, -0.2) is 12.3 Å². The van der Waals surface area contributed by atoms with Gasteiger partial charge in [0.05, 0.1) is 6.54 Å². The second-order valence-electron chi connectivity index (χ2n) is 3.43. The summed E-state index contributed by atoms with van der Waals surface area (Å²) in [6.07, 6.45) is 10.2. The summed E-state index contributed by atoms with van der Waals surface area (Å²) in [5, 5.41) is 0. The minimum atomic E-state index is 0.872. The summed E-state index contributed by atoms with van der Waals surface area (Å²) in [7, 11) is 0. The Morgan fingerprint density at radius 2 is 2.27 bits per heavy atom. The fourth-order valence-electron chi connectivity index (χ4n) is 1.66. The SMILES string of the molecule is C/C=C\C=C/C1=NCC[n+]2ccccc21. The second-order valence-corrected chi connectivity index (χ2v) is 3.43. The zero-order chi connectivity index (χ0) is 10.5. The molecule has 0 bridgehead atoms. The van der Waals surface area contributed by atoms with Crippen LogP contribution < -0.4 is 4.57 Å². The Morgan fingerprint density at radius 1 is 1.33 bits per heavy atom. The summed E-state index contributed by atoms with van der Waals surface area (Å²) in [4.78, 5) is 4.52. The van der Waals surface area contributed by atoms with Crippen LogP contribution in [0.25, 0.3) is 0 Å². The molecular weight excluding hydrogens is 184 g/mol. The van der Waals surface area contributed by atoms with Gasteiger partial charge in [-0.25, -0.2) is 0 Å². The van der Waals surface area contributed by atoms with Crippen molar-refractivity contribution in [2.75, 3.05) is 6.54 Å². The normalized spacial score (nSPS) is 15.7. The number of nitrogens with zero attached hydrogens (tertiary/aromatic N) is 2. The number of hydrogen-bond acceptors (Lipinski definition) is 1. The molecule has 1 aliphatic rings. The summed E-state index contributed by atoms with van der Waals surface area (Å²) < 4.78 is 2.24. The van der Waals surface area contributed by atoms with Gasteiger partial charge in [-0.2, -0.15) is 4.57 Å². The molecule has 1 aromatic heterocycles.